The molecule has 2 aromatic carbocycles. The highest BCUT2D eigenvalue weighted by atomic mass is 16.2. The predicted octanol–water partition coefficient (Wildman–Crippen LogP) is 2.96. The third-order valence-electron chi connectivity index (χ3n) is 4.15. The standard InChI is InChI=1S/C20H15N3O2/c1-12-5-4-6-13(9-12)10-22-18-17(19(24)23-20(18)25)15-11-21-16-8-3-2-7-14(15)16/h2-11,21H,1H3,(H,23,24,25). The number of para-hydroxylation sites is 1. The molecule has 1 aromatic heterocycles. The number of benzene rings is 2. The number of aryl methyl sites for hydroxylation is 1. The number of H-pyrrole nitrogens is 1. The van der Waals surface area contributed by atoms with Crippen molar-refractivity contribution in [2.75, 3.05) is 0 Å². The molecule has 4 rings (SSSR count). The number of hydrogen-bond acceptors (Lipinski definition) is 3. The molecule has 0 spiro atoms. The van der Waals surface area contributed by atoms with Crippen LogP contribution in [0, 0.1) is 6.92 Å². The number of fused-ring (bicyclic) bond motifs is 1. The van der Waals surface area contributed by atoms with Crippen molar-refractivity contribution in [1.29, 1.82) is 0 Å². The predicted molar refractivity (Wildman–Crippen MR) is 97.1 cm³/mol. The molecule has 2 amide bonds. The van der Waals surface area contributed by atoms with Gasteiger partial charge in [0.25, 0.3) is 11.8 Å². The molecule has 0 saturated heterocycles. The zero-order valence-corrected chi connectivity index (χ0v) is 13.5. The topological polar surface area (TPSA) is 74.3 Å². The van der Waals surface area contributed by atoms with Crippen LogP contribution in [0.4, 0.5) is 0 Å². The largest absolute Gasteiger partial charge is 0.361 e. The first-order chi connectivity index (χ1) is 12.1. The number of nitrogens with zero attached hydrogens (tertiary/aromatic N) is 1. The number of amides is 2. The van der Waals surface area contributed by atoms with Crippen molar-refractivity contribution < 1.29 is 9.59 Å². The summed E-state index contributed by atoms with van der Waals surface area (Å²) < 4.78 is 0. The fraction of sp³-hybridized carbons (Fsp3) is 0.0500. The summed E-state index contributed by atoms with van der Waals surface area (Å²) in [6, 6.07) is 15.4. The average molecular weight is 329 g/mol. The summed E-state index contributed by atoms with van der Waals surface area (Å²) in [6.45, 7) is 1.99. The van der Waals surface area contributed by atoms with Crippen LogP contribution < -0.4 is 5.32 Å². The summed E-state index contributed by atoms with van der Waals surface area (Å²) in [5, 5.41) is 3.22. The lowest BCUT2D eigenvalue weighted by atomic mass is 10.0. The van der Waals surface area contributed by atoms with E-state index in [4.69, 9.17) is 0 Å². The van der Waals surface area contributed by atoms with Crippen LogP contribution in [0.15, 0.2) is 65.4 Å². The molecule has 3 aromatic rings. The van der Waals surface area contributed by atoms with E-state index < -0.39 is 11.8 Å². The van der Waals surface area contributed by atoms with Crippen LogP contribution in [0.5, 0.6) is 0 Å². The van der Waals surface area contributed by atoms with Crippen molar-refractivity contribution in [3.05, 3.63) is 77.1 Å². The monoisotopic (exact) mass is 329 g/mol. The fourth-order valence-corrected chi connectivity index (χ4v) is 2.99. The summed E-state index contributed by atoms with van der Waals surface area (Å²) in [4.78, 5) is 32.0. The number of rotatable bonds is 3. The fourth-order valence-electron chi connectivity index (χ4n) is 2.99. The molecule has 0 radical (unpaired) electrons. The molecule has 25 heavy (non-hydrogen) atoms. The summed E-state index contributed by atoms with van der Waals surface area (Å²) in [5.74, 6) is -0.902. The summed E-state index contributed by atoms with van der Waals surface area (Å²) in [5.41, 5.74) is 3.98. The highest BCUT2D eigenvalue weighted by Gasteiger charge is 2.32. The molecule has 5 heteroatoms. The first kappa shape index (κ1) is 15.1. The summed E-state index contributed by atoms with van der Waals surface area (Å²) >= 11 is 0. The minimum Gasteiger partial charge on any atom is -0.361 e. The van der Waals surface area contributed by atoms with Gasteiger partial charge in [-0.2, -0.15) is 0 Å². The normalized spacial score (nSPS) is 14.8. The summed E-state index contributed by atoms with van der Waals surface area (Å²) in [6.07, 6.45) is 3.34. The number of aliphatic imine (C=N–C) groups is 1. The number of imide groups is 1. The smallest absolute Gasteiger partial charge is 0.277 e. The van der Waals surface area contributed by atoms with E-state index in [9.17, 15) is 9.59 Å². The Morgan fingerprint density at radius 1 is 1.00 bits per heavy atom. The van der Waals surface area contributed by atoms with Crippen LogP contribution in [-0.2, 0) is 9.59 Å². The molecule has 0 unspecified atom stereocenters. The summed E-state index contributed by atoms with van der Waals surface area (Å²) in [7, 11) is 0. The van der Waals surface area contributed by atoms with Crippen molar-refractivity contribution in [3.63, 3.8) is 0 Å². The van der Waals surface area contributed by atoms with Crippen molar-refractivity contribution in [3.8, 4) is 0 Å². The van der Waals surface area contributed by atoms with E-state index in [-0.39, 0.29) is 5.70 Å². The van der Waals surface area contributed by atoms with E-state index in [1.54, 1.807) is 12.4 Å². The van der Waals surface area contributed by atoms with Crippen LogP contribution in [-0.4, -0.2) is 23.0 Å². The number of aromatic amines is 1. The van der Waals surface area contributed by atoms with Gasteiger partial charge < -0.3 is 4.98 Å². The van der Waals surface area contributed by atoms with Gasteiger partial charge in [-0.25, -0.2) is 4.99 Å². The van der Waals surface area contributed by atoms with Crippen LogP contribution in [0.25, 0.3) is 16.5 Å². The highest BCUT2D eigenvalue weighted by molar-refractivity contribution is 6.37. The van der Waals surface area contributed by atoms with Crippen LogP contribution in [0.3, 0.4) is 0 Å². The molecule has 5 nitrogen and oxygen atoms in total. The maximum atomic E-state index is 12.3. The maximum Gasteiger partial charge on any atom is 0.277 e. The molecule has 122 valence electrons. The molecule has 0 bridgehead atoms. The second kappa shape index (κ2) is 5.87. The first-order valence-corrected chi connectivity index (χ1v) is 7.90. The van der Waals surface area contributed by atoms with Crippen molar-refractivity contribution in [2.45, 2.75) is 6.92 Å². The minimum atomic E-state index is -0.478. The second-order valence-electron chi connectivity index (χ2n) is 5.93. The molecule has 2 heterocycles. The van der Waals surface area contributed by atoms with Crippen LogP contribution >= 0.6 is 0 Å². The number of carbonyl (C=O) groups excluding carboxylic acids is 2. The Labute approximate surface area is 144 Å². The van der Waals surface area contributed by atoms with Crippen LogP contribution in [0.1, 0.15) is 16.7 Å². The molecule has 0 fully saturated rings. The lowest BCUT2D eigenvalue weighted by molar-refractivity contribution is -0.123. The van der Waals surface area contributed by atoms with Crippen molar-refractivity contribution in [1.82, 2.24) is 10.3 Å². The van der Waals surface area contributed by atoms with Gasteiger partial charge in [-0.15, -0.1) is 0 Å². The van der Waals surface area contributed by atoms with E-state index in [2.05, 4.69) is 15.3 Å². The highest BCUT2D eigenvalue weighted by Crippen LogP contribution is 2.30. The molecular weight excluding hydrogens is 314 g/mol. The Balaban J connectivity index is 1.84. The zero-order valence-electron chi connectivity index (χ0n) is 13.5. The third-order valence-corrected chi connectivity index (χ3v) is 4.15. The van der Waals surface area contributed by atoms with Crippen molar-refractivity contribution in [2.24, 2.45) is 4.99 Å². The van der Waals surface area contributed by atoms with E-state index in [0.29, 0.717) is 11.1 Å². The lowest BCUT2D eigenvalue weighted by Gasteiger charge is -1.99. The number of hydrogen-bond donors (Lipinski definition) is 2. The van der Waals surface area contributed by atoms with Gasteiger partial charge in [0, 0.05) is 28.9 Å². The maximum absolute atomic E-state index is 12.3. The Morgan fingerprint density at radius 3 is 2.68 bits per heavy atom. The van der Waals surface area contributed by atoms with Gasteiger partial charge in [0.05, 0.1) is 5.57 Å². The molecule has 0 aliphatic carbocycles. The van der Waals surface area contributed by atoms with E-state index in [1.165, 1.54) is 0 Å². The first-order valence-electron chi connectivity index (χ1n) is 7.90. The van der Waals surface area contributed by atoms with E-state index in [1.807, 2.05) is 55.5 Å². The Hall–Kier alpha value is -3.47. The van der Waals surface area contributed by atoms with E-state index >= 15 is 0 Å². The lowest BCUT2D eigenvalue weighted by Crippen LogP contribution is -2.22. The second-order valence-corrected chi connectivity index (χ2v) is 5.93. The molecular formula is C20H15N3O2. The van der Waals surface area contributed by atoms with Crippen molar-refractivity contribution >= 4 is 34.5 Å². The SMILES string of the molecule is Cc1cccc(C=NC2=C(c3c[nH]c4ccccc34)C(=O)NC2=O)c1. The Kier molecular flexibility index (Phi) is 3.54. The van der Waals surface area contributed by atoms with Gasteiger partial charge in [0.1, 0.15) is 5.70 Å². The minimum absolute atomic E-state index is 0.135. The van der Waals surface area contributed by atoms with Gasteiger partial charge in [0.2, 0.25) is 0 Å². The number of nitrogens with one attached hydrogen (secondary N) is 2. The van der Waals surface area contributed by atoms with Gasteiger partial charge in [-0.1, -0.05) is 48.0 Å². The van der Waals surface area contributed by atoms with Gasteiger partial charge in [0.15, 0.2) is 0 Å². The molecule has 2 N–H and O–H groups in total. The van der Waals surface area contributed by atoms with Gasteiger partial charge >= 0.3 is 0 Å². The zero-order chi connectivity index (χ0) is 17.4. The quantitative estimate of drug-likeness (QED) is 0.573. The number of carbonyl (C=O) groups is 2. The molecule has 1 aliphatic rings. The molecule has 0 atom stereocenters. The van der Waals surface area contributed by atoms with Crippen LogP contribution in [0.2, 0.25) is 0 Å². The van der Waals surface area contributed by atoms with Gasteiger partial charge in [-0.05, 0) is 18.6 Å². The number of aromatic nitrogens is 1. The Morgan fingerprint density at radius 2 is 1.84 bits per heavy atom. The average Bonchev–Trinajstić information content (AvgIpc) is 3.13. The Bertz CT molecular complexity index is 1070. The molecule has 0 saturated carbocycles. The van der Waals surface area contributed by atoms with E-state index in [0.717, 1.165) is 22.0 Å². The van der Waals surface area contributed by atoms with Gasteiger partial charge in [-0.3, -0.25) is 14.9 Å². The molecule has 1 aliphatic heterocycles. The third kappa shape index (κ3) is 2.65.